The number of benzene rings is 2. The number of aromatic nitrogens is 4. The molecule has 6 nitrogen and oxygen atoms in total. The molecule has 0 saturated heterocycles. The van der Waals surface area contributed by atoms with Gasteiger partial charge in [-0.15, -0.1) is 5.10 Å². The third-order valence-electron chi connectivity index (χ3n) is 4.97. The Labute approximate surface area is 167 Å². The lowest BCUT2D eigenvalue weighted by atomic mass is 10.0. The molecule has 0 spiro atoms. The van der Waals surface area contributed by atoms with Gasteiger partial charge in [-0.3, -0.25) is 9.69 Å². The molecule has 0 aliphatic rings. The van der Waals surface area contributed by atoms with Crippen molar-refractivity contribution in [3.8, 4) is 0 Å². The lowest BCUT2D eigenvalue weighted by molar-refractivity contribution is 0.0977. The number of aryl methyl sites for hydroxylation is 2. The van der Waals surface area contributed by atoms with E-state index in [4.69, 9.17) is 0 Å². The molecular weight excluding hydrogens is 369 g/mol. The first-order valence-electron chi connectivity index (χ1n) is 9.28. The predicted octanol–water partition coefficient (Wildman–Crippen LogP) is 4.29. The highest BCUT2D eigenvalue weighted by atomic mass is 19.1. The molecule has 0 aliphatic carbocycles. The van der Waals surface area contributed by atoms with E-state index < -0.39 is 5.82 Å². The van der Waals surface area contributed by atoms with Gasteiger partial charge >= 0.3 is 0 Å². The van der Waals surface area contributed by atoms with Gasteiger partial charge in [0.25, 0.3) is 5.91 Å². The van der Waals surface area contributed by atoms with Crippen molar-refractivity contribution in [1.29, 1.82) is 0 Å². The first-order chi connectivity index (χ1) is 13.9. The summed E-state index contributed by atoms with van der Waals surface area (Å²) >= 11 is 0. The smallest absolute Gasteiger partial charge is 0.259 e. The average Bonchev–Trinajstić information content (AvgIpc) is 3.19. The molecule has 146 valence electrons. The molecule has 1 amide bonds. The van der Waals surface area contributed by atoms with Crippen LogP contribution < -0.4 is 4.90 Å². The maximum atomic E-state index is 14.8. The lowest BCUT2D eigenvalue weighted by Crippen LogP contribution is -2.34. The Hall–Kier alpha value is -3.61. The summed E-state index contributed by atoms with van der Waals surface area (Å²) < 4.78 is 16.3. The molecule has 0 radical (unpaired) electrons. The maximum Gasteiger partial charge on any atom is 0.259 e. The molecular formula is C22H20FN5O. The number of pyridine rings is 1. The molecule has 29 heavy (non-hydrogen) atoms. The Balaban J connectivity index is 1.83. The van der Waals surface area contributed by atoms with E-state index in [2.05, 4.69) is 15.5 Å². The van der Waals surface area contributed by atoms with Crippen molar-refractivity contribution in [3.63, 3.8) is 0 Å². The summed E-state index contributed by atoms with van der Waals surface area (Å²) in [5.74, 6) is -0.777. The largest absolute Gasteiger partial charge is 0.298 e. The zero-order valence-corrected chi connectivity index (χ0v) is 16.4. The molecule has 2 aromatic heterocycles. The molecule has 0 bridgehead atoms. The number of hydrogen-bond donors (Lipinski definition) is 0. The van der Waals surface area contributed by atoms with E-state index in [9.17, 15) is 9.18 Å². The second-order valence-corrected chi connectivity index (χ2v) is 7.11. The molecule has 1 unspecified atom stereocenters. The molecule has 0 saturated carbocycles. The van der Waals surface area contributed by atoms with E-state index in [1.807, 2.05) is 45.0 Å². The highest BCUT2D eigenvalue weighted by Crippen LogP contribution is 2.32. The number of halogens is 1. The predicted molar refractivity (Wildman–Crippen MR) is 108 cm³/mol. The van der Waals surface area contributed by atoms with E-state index in [0.29, 0.717) is 11.2 Å². The third kappa shape index (κ3) is 3.59. The van der Waals surface area contributed by atoms with Gasteiger partial charge in [-0.25, -0.2) is 8.91 Å². The quantitative estimate of drug-likeness (QED) is 0.522. The Morgan fingerprint density at radius 1 is 1.03 bits per heavy atom. The van der Waals surface area contributed by atoms with Crippen molar-refractivity contribution in [2.24, 2.45) is 0 Å². The second kappa shape index (κ2) is 7.43. The van der Waals surface area contributed by atoms with Crippen molar-refractivity contribution >= 4 is 17.2 Å². The summed E-state index contributed by atoms with van der Waals surface area (Å²) in [5.41, 5.74) is 3.96. The first kappa shape index (κ1) is 18.7. The minimum Gasteiger partial charge on any atom is -0.298 e. The van der Waals surface area contributed by atoms with Crippen LogP contribution in [0.15, 0.2) is 60.8 Å². The third-order valence-corrected chi connectivity index (χ3v) is 4.97. The molecule has 1 atom stereocenters. The Morgan fingerprint density at radius 3 is 2.52 bits per heavy atom. The minimum absolute atomic E-state index is 0.238. The molecule has 4 rings (SSSR count). The molecule has 2 aromatic carbocycles. The standard InChI is InChI=1S/C22H20FN5O/c1-14-4-7-17(8-5-14)16(3)28(20-12-15(2)6-9-19(20)23)22(29)18-10-11-27-21(13-18)24-25-26-27/h4-13,16H,1-3H3. The number of fused-ring (bicyclic) bond motifs is 1. The fourth-order valence-electron chi connectivity index (χ4n) is 3.31. The summed E-state index contributed by atoms with van der Waals surface area (Å²) in [5, 5.41) is 11.3. The maximum absolute atomic E-state index is 14.8. The zero-order chi connectivity index (χ0) is 20.5. The summed E-state index contributed by atoms with van der Waals surface area (Å²) in [4.78, 5) is 15.0. The van der Waals surface area contributed by atoms with Crippen LogP contribution in [0.3, 0.4) is 0 Å². The number of rotatable bonds is 4. The van der Waals surface area contributed by atoms with E-state index in [1.165, 1.54) is 15.5 Å². The fourth-order valence-corrected chi connectivity index (χ4v) is 3.31. The normalized spacial score (nSPS) is 12.1. The van der Waals surface area contributed by atoms with E-state index in [1.54, 1.807) is 30.5 Å². The van der Waals surface area contributed by atoms with Crippen LogP contribution in [0.2, 0.25) is 0 Å². The topological polar surface area (TPSA) is 63.4 Å². The van der Waals surface area contributed by atoms with Gasteiger partial charge in [0.1, 0.15) is 5.82 Å². The lowest BCUT2D eigenvalue weighted by Gasteiger charge is -2.30. The van der Waals surface area contributed by atoms with E-state index in [0.717, 1.165) is 16.7 Å². The van der Waals surface area contributed by atoms with Gasteiger partial charge in [0.05, 0.1) is 11.7 Å². The van der Waals surface area contributed by atoms with Gasteiger partial charge in [0.2, 0.25) is 0 Å². The number of amides is 1. The second-order valence-electron chi connectivity index (χ2n) is 7.11. The van der Waals surface area contributed by atoms with Gasteiger partial charge in [0.15, 0.2) is 5.65 Å². The van der Waals surface area contributed by atoms with Crippen molar-refractivity contribution in [2.75, 3.05) is 4.90 Å². The van der Waals surface area contributed by atoms with E-state index >= 15 is 0 Å². The number of anilines is 1. The van der Waals surface area contributed by atoms with Crippen molar-refractivity contribution in [3.05, 3.63) is 88.9 Å². The van der Waals surface area contributed by atoms with Crippen LogP contribution in [-0.4, -0.2) is 25.9 Å². The van der Waals surface area contributed by atoms with Crippen LogP contribution in [-0.2, 0) is 0 Å². The number of nitrogens with zero attached hydrogens (tertiary/aromatic N) is 5. The minimum atomic E-state index is -0.451. The monoisotopic (exact) mass is 389 g/mol. The van der Waals surface area contributed by atoms with Gasteiger partial charge < -0.3 is 0 Å². The Bertz CT molecular complexity index is 1190. The summed E-state index contributed by atoms with van der Waals surface area (Å²) in [6.07, 6.45) is 1.61. The van der Waals surface area contributed by atoms with Crippen LogP contribution >= 0.6 is 0 Å². The molecule has 7 heteroatoms. The molecule has 0 aliphatic heterocycles. The van der Waals surface area contributed by atoms with Crippen LogP contribution in [0.5, 0.6) is 0 Å². The van der Waals surface area contributed by atoms with Crippen molar-refractivity contribution < 1.29 is 9.18 Å². The van der Waals surface area contributed by atoms with E-state index in [-0.39, 0.29) is 17.6 Å². The van der Waals surface area contributed by atoms with Crippen LogP contribution in [0.4, 0.5) is 10.1 Å². The van der Waals surface area contributed by atoms with Crippen molar-refractivity contribution in [1.82, 2.24) is 20.0 Å². The average molecular weight is 389 g/mol. The van der Waals surface area contributed by atoms with Gasteiger partial charge in [-0.1, -0.05) is 35.9 Å². The van der Waals surface area contributed by atoms with Gasteiger partial charge in [0, 0.05) is 11.8 Å². The van der Waals surface area contributed by atoms with Gasteiger partial charge in [-0.2, -0.15) is 0 Å². The van der Waals surface area contributed by atoms with Crippen molar-refractivity contribution in [2.45, 2.75) is 26.8 Å². The number of carbonyl (C=O) groups is 1. The summed E-state index contributed by atoms with van der Waals surface area (Å²) in [7, 11) is 0. The Kier molecular flexibility index (Phi) is 4.80. The molecule has 4 aromatic rings. The van der Waals surface area contributed by atoms with Crippen LogP contribution in [0.25, 0.3) is 5.65 Å². The highest BCUT2D eigenvalue weighted by molar-refractivity contribution is 6.07. The molecule has 0 N–H and O–H groups in total. The number of carbonyl (C=O) groups excluding carboxylic acids is 1. The Morgan fingerprint density at radius 2 is 1.76 bits per heavy atom. The summed E-state index contributed by atoms with van der Waals surface area (Å²) in [6.45, 7) is 5.76. The number of tetrazole rings is 1. The fraction of sp³-hybridized carbons (Fsp3) is 0.182. The molecule has 2 heterocycles. The summed E-state index contributed by atoms with van der Waals surface area (Å²) in [6, 6.07) is 15.5. The van der Waals surface area contributed by atoms with Gasteiger partial charge in [-0.05, 0) is 66.6 Å². The SMILES string of the molecule is Cc1ccc(C(C)N(C(=O)c2ccn3nnnc3c2)c2cc(C)ccc2F)cc1. The van der Waals surface area contributed by atoms with Crippen LogP contribution in [0.1, 0.15) is 40.0 Å². The highest BCUT2D eigenvalue weighted by Gasteiger charge is 2.27. The number of hydrogen-bond acceptors (Lipinski definition) is 4. The zero-order valence-electron chi connectivity index (χ0n) is 16.4. The van der Waals surface area contributed by atoms with Crippen LogP contribution in [0, 0.1) is 19.7 Å². The molecule has 0 fully saturated rings. The first-order valence-corrected chi connectivity index (χ1v) is 9.28.